The van der Waals surface area contributed by atoms with Gasteiger partial charge in [-0.25, -0.2) is 4.79 Å². The van der Waals surface area contributed by atoms with Gasteiger partial charge in [-0.3, -0.25) is 4.79 Å². The van der Waals surface area contributed by atoms with E-state index in [4.69, 9.17) is 10.5 Å². The van der Waals surface area contributed by atoms with Gasteiger partial charge in [-0.05, 0) is 74.5 Å². The Hall–Kier alpha value is -2.15. The number of carbonyl (C=O) groups excluding carboxylic acids is 2. The number of rotatable bonds is 6. The van der Waals surface area contributed by atoms with Crippen LogP contribution in [0.3, 0.4) is 0 Å². The first-order chi connectivity index (χ1) is 13.4. The van der Waals surface area contributed by atoms with Gasteiger partial charge in [0.1, 0.15) is 5.75 Å². The molecule has 0 aliphatic heterocycles. The second-order valence-corrected chi connectivity index (χ2v) is 8.83. The van der Waals surface area contributed by atoms with Gasteiger partial charge in [-0.15, -0.1) is 12.4 Å². The number of amides is 3. The molecule has 0 spiro atoms. The summed E-state index contributed by atoms with van der Waals surface area (Å²) in [5.41, 5.74) is 6.91. The molecule has 0 heterocycles. The van der Waals surface area contributed by atoms with E-state index in [1.807, 2.05) is 0 Å². The molecule has 4 fully saturated rings. The molecule has 7 nitrogen and oxygen atoms in total. The van der Waals surface area contributed by atoms with E-state index >= 15 is 0 Å². The number of halogens is 1. The van der Waals surface area contributed by atoms with Crippen LogP contribution >= 0.6 is 12.4 Å². The molecular weight excluding hydrogens is 392 g/mol. The summed E-state index contributed by atoms with van der Waals surface area (Å²) >= 11 is 0. The van der Waals surface area contributed by atoms with Gasteiger partial charge in [-0.2, -0.15) is 0 Å². The molecule has 0 aromatic heterocycles. The van der Waals surface area contributed by atoms with Crippen LogP contribution in [0.25, 0.3) is 0 Å². The highest BCUT2D eigenvalue weighted by Gasteiger charge is 2.51. The van der Waals surface area contributed by atoms with Crippen molar-refractivity contribution in [2.75, 3.05) is 24.7 Å². The maximum atomic E-state index is 12.4. The number of urea groups is 1. The molecule has 4 saturated carbocycles. The van der Waals surface area contributed by atoms with E-state index in [0.29, 0.717) is 23.7 Å². The van der Waals surface area contributed by atoms with Crippen LogP contribution < -0.4 is 26.4 Å². The number of nitrogens with two attached hydrogens (primary N) is 1. The molecule has 4 bridgehead atoms. The van der Waals surface area contributed by atoms with Gasteiger partial charge in [-0.1, -0.05) is 0 Å². The van der Waals surface area contributed by atoms with Crippen molar-refractivity contribution in [3.05, 3.63) is 18.2 Å². The van der Waals surface area contributed by atoms with Crippen molar-refractivity contribution in [1.82, 2.24) is 10.6 Å². The lowest BCUT2D eigenvalue weighted by atomic mass is 9.53. The first-order valence-electron chi connectivity index (χ1n) is 10.2. The van der Waals surface area contributed by atoms with Crippen LogP contribution in [0.1, 0.15) is 44.9 Å². The number of hydrogen-bond acceptors (Lipinski definition) is 4. The summed E-state index contributed by atoms with van der Waals surface area (Å²) in [4.78, 5) is 24.5. The number of nitrogens with one attached hydrogen (secondary N) is 3. The number of anilines is 2. The van der Waals surface area contributed by atoms with Crippen LogP contribution in [0, 0.1) is 17.8 Å². The summed E-state index contributed by atoms with van der Waals surface area (Å²) < 4.78 is 5.10. The Kier molecular flexibility index (Phi) is 6.46. The summed E-state index contributed by atoms with van der Waals surface area (Å²) in [6, 6.07) is 4.95. The lowest BCUT2D eigenvalue weighted by molar-refractivity contribution is -0.116. The molecule has 0 atom stereocenters. The minimum absolute atomic E-state index is 0. The van der Waals surface area contributed by atoms with Gasteiger partial charge in [0.2, 0.25) is 5.91 Å². The monoisotopic (exact) mass is 422 g/mol. The average molecular weight is 423 g/mol. The standard InChI is InChI=1S/C21H30N4O3.ClH/c1-28-18-3-2-16(9-17(18)22)24-19(26)4-5-23-20(27)25-21-10-13-6-14(11-21)8-15(7-13)12-21;/h2-3,9,13-15H,4-8,10-12,22H2,1H3,(H,24,26)(H2,23,25,27);1H. The van der Waals surface area contributed by atoms with Crippen molar-refractivity contribution >= 4 is 35.7 Å². The van der Waals surface area contributed by atoms with E-state index in [-0.39, 0.29) is 36.3 Å². The first kappa shape index (κ1) is 21.6. The molecule has 4 aliphatic carbocycles. The van der Waals surface area contributed by atoms with E-state index in [1.165, 1.54) is 19.3 Å². The molecule has 29 heavy (non-hydrogen) atoms. The molecule has 0 saturated heterocycles. The van der Waals surface area contributed by atoms with E-state index in [2.05, 4.69) is 16.0 Å². The summed E-state index contributed by atoms with van der Waals surface area (Å²) in [6.07, 6.45) is 7.60. The van der Waals surface area contributed by atoms with Crippen LogP contribution in [0.15, 0.2) is 18.2 Å². The second-order valence-electron chi connectivity index (χ2n) is 8.83. The molecule has 5 rings (SSSR count). The van der Waals surface area contributed by atoms with Crippen LogP contribution in [0.2, 0.25) is 0 Å². The molecule has 8 heteroatoms. The number of ether oxygens (including phenoxy) is 1. The van der Waals surface area contributed by atoms with Gasteiger partial charge >= 0.3 is 6.03 Å². The SMILES string of the molecule is COc1ccc(NC(=O)CCNC(=O)NC23CC4CC(CC(C4)C2)C3)cc1N.Cl. The number of carbonyl (C=O) groups is 2. The van der Waals surface area contributed by atoms with Crippen molar-refractivity contribution in [3.63, 3.8) is 0 Å². The van der Waals surface area contributed by atoms with Crippen LogP contribution in [-0.4, -0.2) is 31.1 Å². The van der Waals surface area contributed by atoms with Crippen LogP contribution in [0.4, 0.5) is 16.2 Å². The Balaban J connectivity index is 0.00000240. The van der Waals surface area contributed by atoms with Crippen LogP contribution in [0.5, 0.6) is 5.75 Å². The summed E-state index contributed by atoms with van der Waals surface area (Å²) in [5.74, 6) is 2.76. The molecule has 4 aliphatic rings. The number of methoxy groups -OCH3 is 1. The Morgan fingerprint density at radius 2 is 1.76 bits per heavy atom. The Morgan fingerprint density at radius 1 is 1.14 bits per heavy atom. The number of benzene rings is 1. The quantitative estimate of drug-likeness (QED) is 0.528. The maximum absolute atomic E-state index is 12.4. The highest BCUT2D eigenvalue weighted by atomic mass is 35.5. The van der Waals surface area contributed by atoms with Gasteiger partial charge in [0, 0.05) is 24.2 Å². The summed E-state index contributed by atoms with van der Waals surface area (Å²) in [7, 11) is 1.55. The van der Waals surface area contributed by atoms with Crippen molar-refractivity contribution in [2.24, 2.45) is 17.8 Å². The van der Waals surface area contributed by atoms with Gasteiger partial charge in [0.25, 0.3) is 0 Å². The smallest absolute Gasteiger partial charge is 0.315 e. The van der Waals surface area contributed by atoms with Gasteiger partial charge in [0.05, 0.1) is 12.8 Å². The predicted octanol–water partition coefficient (Wildman–Crippen LogP) is 3.30. The number of hydrogen-bond donors (Lipinski definition) is 4. The third kappa shape index (κ3) is 4.89. The predicted molar refractivity (Wildman–Crippen MR) is 115 cm³/mol. The topological polar surface area (TPSA) is 105 Å². The normalized spacial score (nSPS) is 28.9. The first-order valence-corrected chi connectivity index (χ1v) is 10.2. The van der Waals surface area contributed by atoms with E-state index in [0.717, 1.165) is 37.0 Å². The van der Waals surface area contributed by atoms with Crippen molar-refractivity contribution < 1.29 is 14.3 Å². The fraction of sp³-hybridized carbons (Fsp3) is 0.619. The molecule has 5 N–H and O–H groups in total. The Morgan fingerprint density at radius 3 is 2.31 bits per heavy atom. The minimum atomic E-state index is -0.167. The van der Waals surface area contributed by atoms with Gasteiger partial charge in [0.15, 0.2) is 0 Å². The molecule has 0 unspecified atom stereocenters. The molecule has 1 aromatic rings. The number of nitrogen functional groups attached to an aromatic ring is 1. The molecular formula is C21H31ClN4O3. The largest absolute Gasteiger partial charge is 0.495 e. The minimum Gasteiger partial charge on any atom is -0.495 e. The highest BCUT2D eigenvalue weighted by Crippen LogP contribution is 2.55. The lowest BCUT2D eigenvalue weighted by Crippen LogP contribution is -2.61. The zero-order valence-corrected chi connectivity index (χ0v) is 17.6. The molecule has 3 amide bonds. The third-order valence-electron chi connectivity index (χ3n) is 6.57. The van der Waals surface area contributed by atoms with E-state index in [9.17, 15) is 9.59 Å². The third-order valence-corrected chi connectivity index (χ3v) is 6.57. The van der Waals surface area contributed by atoms with Crippen molar-refractivity contribution in [3.8, 4) is 5.75 Å². The molecule has 160 valence electrons. The van der Waals surface area contributed by atoms with Crippen molar-refractivity contribution in [1.29, 1.82) is 0 Å². The zero-order valence-electron chi connectivity index (χ0n) is 16.8. The van der Waals surface area contributed by atoms with Gasteiger partial charge < -0.3 is 26.4 Å². The zero-order chi connectivity index (χ0) is 19.7. The van der Waals surface area contributed by atoms with Crippen LogP contribution in [-0.2, 0) is 4.79 Å². The maximum Gasteiger partial charge on any atom is 0.315 e. The Bertz CT molecular complexity index is 735. The lowest BCUT2D eigenvalue weighted by Gasteiger charge is -2.56. The van der Waals surface area contributed by atoms with Crippen molar-refractivity contribution in [2.45, 2.75) is 50.5 Å². The highest BCUT2D eigenvalue weighted by molar-refractivity contribution is 5.91. The summed E-state index contributed by atoms with van der Waals surface area (Å²) in [6.45, 7) is 0.301. The van der Waals surface area contributed by atoms with E-state index in [1.54, 1.807) is 25.3 Å². The second kappa shape index (κ2) is 8.69. The fourth-order valence-electron chi connectivity index (χ4n) is 5.87. The van der Waals surface area contributed by atoms with E-state index < -0.39 is 0 Å². The Labute approximate surface area is 177 Å². The molecule has 0 radical (unpaired) electrons. The fourth-order valence-corrected chi connectivity index (χ4v) is 5.87. The summed E-state index contributed by atoms with van der Waals surface area (Å²) in [5, 5.41) is 8.89. The molecule has 1 aromatic carbocycles. The average Bonchev–Trinajstić information content (AvgIpc) is 2.60.